The summed E-state index contributed by atoms with van der Waals surface area (Å²) < 4.78 is 29.0. The maximum Gasteiger partial charge on any atom is 0.266 e. The Balaban J connectivity index is 1.85. The molecule has 5 nitrogen and oxygen atoms in total. The van der Waals surface area contributed by atoms with Crippen molar-refractivity contribution in [3.63, 3.8) is 0 Å². The molecular formula is C20H16ClF2N3O2S. The number of nitrogens with one attached hydrogen (secondary N) is 1. The maximum atomic E-state index is 14.5. The van der Waals surface area contributed by atoms with Crippen molar-refractivity contribution in [1.29, 1.82) is 0 Å². The third kappa shape index (κ3) is 4.13. The molecule has 0 bridgehead atoms. The molecule has 1 aliphatic rings. The van der Waals surface area contributed by atoms with Crippen LogP contribution in [0.4, 0.5) is 8.78 Å². The summed E-state index contributed by atoms with van der Waals surface area (Å²) in [5.74, 6) is -1.86. The zero-order valence-corrected chi connectivity index (χ0v) is 16.9. The second kappa shape index (κ2) is 7.76. The lowest BCUT2D eigenvalue weighted by Crippen LogP contribution is -2.33. The molecule has 1 unspecified atom stereocenters. The summed E-state index contributed by atoms with van der Waals surface area (Å²) in [4.78, 5) is 30.0. The highest BCUT2D eigenvalue weighted by Gasteiger charge is 2.27. The van der Waals surface area contributed by atoms with Crippen LogP contribution in [0.25, 0.3) is 16.6 Å². The topological polar surface area (TPSA) is 64.0 Å². The van der Waals surface area contributed by atoms with Crippen molar-refractivity contribution in [3.8, 4) is 5.69 Å². The van der Waals surface area contributed by atoms with Crippen molar-refractivity contribution >= 4 is 40.2 Å². The highest BCUT2D eigenvalue weighted by molar-refractivity contribution is 8.00. The Morgan fingerprint density at radius 3 is 2.72 bits per heavy atom. The Morgan fingerprint density at radius 1 is 1.28 bits per heavy atom. The predicted octanol–water partition coefficient (Wildman–Crippen LogP) is 4.08. The molecule has 2 aromatic carbocycles. The number of benzene rings is 2. The van der Waals surface area contributed by atoms with Crippen LogP contribution < -0.4 is 10.9 Å². The van der Waals surface area contributed by atoms with Crippen LogP contribution in [0.15, 0.2) is 46.3 Å². The van der Waals surface area contributed by atoms with E-state index in [1.54, 1.807) is 19.1 Å². The first-order valence-electron chi connectivity index (χ1n) is 8.98. The van der Waals surface area contributed by atoms with Crippen LogP contribution in [-0.4, -0.2) is 26.8 Å². The highest BCUT2D eigenvalue weighted by atomic mass is 35.5. The Labute approximate surface area is 174 Å². The molecule has 1 heterocycles. The van der Waals surface area contributed by atoms with Gasteiger partial charge in [-0.25, -0.2) is 13.8 Å². The molecule has 29 heavy (non-hydrogen) atoms. The zero-order chi connectivity index (χ0) is 20.7. The van der Waals surface area contributed by atoms with Gasteiger partial charge in [0.2, 0.25) is 5.91 Å². The van der Waals surface area contributed by atoms with E-state index in [2.05, 4.69) is 10.3 Å². The van der Waals surface area contributed by atoms with E-state index < -0.39 is 22.4 Å². The van der Waals surface area contributed by atoms with Gasteiger partial charge >= 0.3 is 0 Å². The lowest BCUT2D eigenvalue weighted by Gasteiger charge is -2.17. The molecule has 1 N–H and O–H groups in total. The van der Waals surface area contributed by atoms with Crippen LogP contribution >= 0.6 is 23.4 Å². The van der Waals surface area contributed by atoms with E-state index >= 15 is 0 Å². The second-order valence-electron chi connectivity index (χ2n) is 6.84. The maximum absolute atomic E-state index is 14.5. The van der Waals surface area contributed by atoms with Crippen LogP contribution in [0.3, 0.4) is 0 Å². The molecule has 3 aromatic rings. The largest absolute Gasteiger partial charge is 0.352 e. The molecule has 0 aliphatic heterocycles. The lowest BCUT2D eigenvalue weighted by molar-refractivity contribution is -0.120. The molecule has 1 saturated carbocycles. The van der Waals surface area contributed by atoms with Gasteiger partial charge in [0.1, 0.15) is 11.6 Å². The molecule has 150 valence electrons. The Bertz CT molecular complexity index is 1180. The van der Waals surface area contributed by atoms with Crippen LogP contribution in [-0.2, 0) is 4.79 Å². The molecule has 1 atom stereocenters. The SMILES string of the molecule is CC(Sc1nc2ccc(Cl)cc2c(=O)n1-c1ccc(F)cc1F)C(=O)NC1CC1. The number of aromatic nitrogens is 2. The number of hydrogen-bond donors (Lipinski definition) is 1. The van der Waals surface area contributed by atoms with Crippen molar-refractivity contribution in [2.75, 3.05) is 0 Å². The first kappa shape index (κ1) is 19.8. The molecule has 1 aliphatic carbocycles. The van der Waals surface area contributed by atoms with Gasteiger partial charge in [-0.3, -0.25) is 14.2 Å². The fraction of sp³-hybridized carbons (Fsp3) is 0.250. The Hall–Kier alpha value is -2.45. The summed E-state index contributed by atoms with van der Waals surface area (Å²) in [6.45, 7) is 1.69. The fourth-order valence-corrected chi connectivity index (χ4v) is 3.95. The number of halogens is 3. The van der Waals surface area contributed by atoms with E-state index in [0.29, 0.717) is 16.6 Å². The molecule has 1 amide bonds. The molecule has 1 aromatic heterocycles. The molecule has 0 radical (unpaired) electrons. The van der Waals surface area contributed by atoms with E-state index in [1.807, 2.05) is 0 Å². The molecule has 0 spiro atoms. The Kier molecular flexibility index (Phi) is 5.31. The average molecular weight is 436 g/mol. The summed E-state index contributed by atoms with van der Waals surface area (Å²) >= 11 is 7.04. The summed E-state index contributed by atoms with van der Waals surface area (Å²) in [7, 11) is 0. The van der Waals surface area contributed by atoms with Gasteiger partial charge in [0, 0.05) is 17.1 Å². The summed E-state index contributed by atoms with van der Waals surface area (Å²) in [6, 6.07) is 7.74. The molecule has 9 heteroatoms. The van der Waals surface area contributed by atoms with Gasteiger partial charge in [-0.1, -0.05) is 23.4 Å². The third-order valence-electron chi connectivity index (χ3n) is 4.53. The molecule has 1 fully saturated rings. The van der Waals surface area contributed by atoms with Crippen LogP contribution in [0, 0.1) is 11.6 Å². The van der Waals surface area contributed by atoms with E-state index in [0.717, 1.165) is 35.2 Å². The standard InChI is InChI=1S/C20H16ClF2N3O2S/c1-10(18(27)24-13-4-5-13)29-20-25-16-6-2-11(21)8-14(16)19(28)26(20)17-7-3-12(22)9-15(17)23/h2-3,6-10,13H,4-5H2,1H3,(H,24,27). The molecule has 4 rings (SSSR count). The van der Waals surface area contributed by atoms with Crippen molar-refractivity contribution in [1.82, 2.24) is 14.9 Å². The molecule has 0 saturated heterocycles. The number of carbonyl (C=O) groups excluding carboxylic acids is 1. The number of amides is 1. The van der Waals surface area contributed by atoms with Gasteiger partial charge in [0.05, 0.1) is 21.8 Å². The second-order valence-corrected chi connectivity index (χ2v) is 8.58. The minimum absolute atomic E-state index is 0.133. The van der Waals surface area contributed by atoms with Crippen LogP contribution in [0.5, 0.6) is 0 Å². The van der Waals surface area contributed by atoms with Crippen molar-refractivity contribution < 1.29 is 13.6 Å². The first-order chi connectivity index (χ1) is 13.8. The van der Waals surface area contributed by atoms with Crippen molar-refractivity contribution in [2.24, 2.45) is 0 Å². The van der Waals surface area contributed by atoms with Gasteiger partial charge in [-0.15, -0.1) is 0 Å². The van der Waals surface area contributed by atoms with E-state index in [-0.39, 0.29) is 28.2 Å². The third-order valence-corrected chi connectivity index (χ3v) is 5.81. The monoisotopic (exact) mass is 435 g/mol. The fourth-order valence-electron chi connectivity index (χ4n) is 2.85. The smallest absolute Gasteiger partial charge is 0.266 e. The Morgan fingerprint density at radius 2 is 2.03 bits per heavy atom. The van der Waals surface area contributed by atoms with Gasteiger partial charge in [-0.2, -0.15) is 0 Å². The van der Waals surface area contributed by atoms with E-state index in [9.17, 15) is 18.4 Å². The number of nitrogens with zero attached hydrogens (tertiary/aromatic N) is 2. The minimum Gasteiger partial charge on any atom is -0.352 e. The van der Waals surface area contributed by atoms with Crippen molar-refractivity contribution in [2.45, 2.75) is 36.2 Å². The van der Waals surface area contributed by atoms with Gasteiger partial charge in [0.25, 0.3) is 5.56 Å². The lowest BCUT2D eigenvalue weighted by atomic mass is 10.2. The number of fused-ring (bicyclic) bond motifs is 1. The van der Waals surface area contributed by atoms with Gasteiger partial charge in [-0.05, 0) is 50.1 Å². The van der Waals surface area contributed by atoms with E-state index in [1.165, 1.54) is 12.1 Å². The van der Waals surface area contributed by atoms with E-state index in [4.69, 9.17) is 11.6 Å². The summed E-state index contributed by atoms with van der Waals surface area (Å²) in [5, 5.41) is 2.99. The molecular weight excluding hydrogens is 420 g/mol. The van der Waals surface area contributed by atoms with Crippen LogP contribution in [0.1, 0.15) is 19.8 Å². The summed E-state index contributed by atoms with van der Waals surface area (Å²) in [5.41, 5.74) is -0.334. The number of thioether (sulfide) groups is 1. The van der Waals surface area contributed by atoms with Crippen molar-refractivity contribution in [3.05, 3.63) is 63.4 Å². The van der Waals surface area contributed by atoms with Gasteiger partial charge in [0.15, 0.2) is 5.16 Å². The minimum atomic E-state index is -0.910. The first-order valence-corrected chi connectivity index (χ1v) is 10.2. The van der Waals surface area contributed by atoms with Crippen LogP contribution in [0.2, 0.25) is 5.02 Å². The number of rotatable bonds is 5. The quantitative estimate of drug-likeness (QED) is 0.484. The average Bonchev–Trinajstić information content (AvgIpc) is 3.48. The highest BCUT2D eigenvalue weighted by Crippen LogP contribution is 2.28. The normalized spacial score (nSPS) is 14.8. The summed E-state index contributed by atoms with van der Waals surface area (Å²) in [6.07, 6.45) is 1.90. The predicted molar refractivity (Wildman–Crippen MR) is 109 cm³/mol. The number of carbonyl (C=O) groups is 1. The van der Waals surface area contributed by atoms with Gasteiger partial charge < -0.3 is 5.32 Å². The zero-order valence-electron chi connectivity index (χ0n) is 15.3. The number of hydrogen-bond acceptors (Lipinski definition) is 4.